The number of hydrogen-bond acceptors (Lipinski definition) is 6. The fraction of sp³-hybridized carbons (Fsp3) is 0.167. The first kappa shape index (κ1) is 23.0. The molecule has 0 saturated carbocycles. The summed E-state index contributed by atoms with van der Waals surface area (Å²) in [4.78, 5) is 39.7. The van der Waals surface area contributed by atoms with E-state index in [4.69, 9.17) is 0 Å². The van der Waals surface area contributed by atoms with Gasteiger partial charge in [0.05, 0.1) is 9.80 Å². The van der Waals surface area contributed by atoms with Crippen LogP contribution in [0.2, 0.25) is 0 Å². The Morgan fingerprint density at radius 3 is 2.56 bits per heavy atom. The normalized spacial score (nSPS) is 11.6. The summed E-state index contributed by atoms with van der Waals surface area (Å²) >= 11 is 1.32. The molecule has 0 saturated heterocycles. The van der Waals surface area contributed by atoms with Gasteiger partial charge in [-0.1, -0.05) is 24.3 Å². The van der Waals surface area contributed by atoms with Gasteiger partial charge in [0.1, 0.15) is 6.04 Å². The van der Waals surface area contributed by atoms with E-state index in [-0.39, 0.29) is 17.5 Å². The maximum absolute atomic E-state index is 13.0. The van der Waals surface area contributed by atoms with Crippen LogP contribution in [0, 0.1) is 10.1 Å². The number of nitrogens with zero attached hydrogens (tertiary/aromatic N) is 1. The fourth-order valence-corrected chi connectivity index (χ4v) is 4.21. The Morgan fingerprint density at radius 2 is 1.82 bits per heavy atom. The highest BCUT2D eigenvalue weighted by Gasteiger charge is 2.23. The van der Waals surface area contributed by atoms with Crippen LogP contribution >= 0.6 is 11.3 Å². The minimum atomic E-state index is -0.756. The van der Waals surface area contributed by atoms with Gasteiger partial charge in [0.2, 0.25) is 5.91 Å². The molecular formula is C24H23N5O4S. The van der Waals surface area contributed by atoms with E-state index in [1.165, 1.54) is 23.5 Å². The van der Waals surface area contributed by atoms with Gasteiger partial charge in [-0.3, -0.25) is 19.7 Å². The van der Waals surface area contributed by atoms with Gasteiger partial charge < -0.3 is 20.9 Å². The SMILES string of the molecule is O=C(NC(Cc1c[nH]c2ccccc12)C(=O)NCCNc1ccc([N+](=O)[O-])cc1)c1cccs1. The van der Waals surface area contributed by atoms with E-state index in [1.807, 2.05) is 35.8 Å². The van der Waals surface area contributed by atoms with Crippen LogP contribution in [-0.4, -0.2) is 40.9 Å². The molecule has 10 heteroatoms. The smallest absolute Gasteiger partial charge is 0.269 e. The molecule has 174 valence electrons. The number of aromatic amines is 1. The second-order valence-corrected chi connectivity index (χ2v) is 8.54. The molecule has 0 bridgehead atoms. The lowest BCUT2D eigenvalue weighted by Gasteiger charge is -2.18. The molecule has 0 aliphatic carbocycles. The van der Waals surface area contributed by atoms with Crippen LogP contribution in [-0.2, 0) is 11.2 Å². The number of amides is 2. The maximum Gasteiger partial charge on any atom is 0.269 e. The lowest BCUT2D eigenvalue weighted by Crippen LogP contribution is -2.48. The Balaban J connectivity index is 1.38. The molecule has 1 atom stereocenters. The number of non-ortho nitro benzene ring substituents is 1. The van der Waals surface area contributed by atoms with Gasteiger partial charge in [-0.15, -0.1) is 11.3 Å². The molecule has 0 radical (unpaired) electrons. The quantitative estimate of drug-likeness (QED) is 0.157. The Hall–Kier alpha value is -4.18. The molecule has 2 amide bonds. The van der Waals surface area contributed by atoms with Gasteiger partial charge in [-0.25, -0.2) is 0 Å². The number of para-hydroxylation sites is 1. The average Bonchev–Trinajstić information content (AvgIpc) is 3.52. The summed E-state index contributed by atoms with van der Waals surface area (Å²) in [6.45, 7) is 0.733. The Kier molecular flexibility index (Phi) is 7.19. The molecule has 34 heavy (non-hydrogen) atoms. The number of hydrogen-bond donors (Lipinski definition) is 4. The number of benzene rings is 2. The van der Waals surface area contributed by atoms with E-state index in [0.717, 1.165) is 16.5 Å². The number of nitro benzene ring substituents is 1. The second-order valence-electron chi connectivity index (χ2n) is 7.59. The molecule has 9 nitrogen and oxygen atoms in total. The van der Waals surface area contributed by atoms with Crippen molar-refractivity contribution >= 4 is 45.4 Å². The van der Waals surface area contributed by atoms with E-state index in [0.29, 0.717) is 30.1 Å². The van der Waals surface area contributed by atoms with Crippen molar-refractivity contribution in [3.05, 3.63) is 92.8 Å². The van der Waals surface area contributed by atoms with Crippen LogP contribution in [0.15, 0.2) is 72.2 Å². The number of carbonyl (C=O) groups is 2. The number of nitrogens with one attached hydrogen (secondary N) is 4. The highest BCUT2D eigenvalue weighted by molar-refractivity contribution is 7.12. The van der Waals surface area contributed by atoms with Gasteiger partial charge in [0, 0.05) is 54.4 Å². The zero-order valence-electron chi connectivity index (χ0n) is 18.1. The molecule has 4 N–H and O–H groups in total. The zero-order valence-corrected chi connectivity index (χ0v) is 18.9. The van der Waals surface area contributed by atoms with Crippen molar-refractivity contribution in [1.29, 1.82) is 0 Å². The Morgan fingerprint density at radius 1 is 1.03 bits per heavy atom. The molecule has 0 fully saturated rings. The molecule has 2 aromatic heterocycles. The first-order valence-electron chi connectivity index (χ1n) is 10.7. The molecule has 1 unspecified atom stereocenters. The van der Waals surface area contributed by atoms with Crippen molar-refractivity contribution in [1.82, 2.24) is 15.6 Å². The summed E-state index contributed by atoms with van der Waals surface area (Å²) < 4.78 is 0. The predicted molar refractivity (Wildman–Crippen MR) is 132 cm³/mol. The number of rotatable bonds is 10. The number of anilines is 1. The van der Waals surface area contributed by atoms with Crippen molar-refractivity contribution in [3.63, 3.8) is 0 Å². The van der Waals surface area contributed by atoms with Gasteiger partial charge >= 0.3 is 0 Å². The molecule has 2 aromatic carbocycles. The molecule has 4 aromatic rings. The van der Waals surface area contributed by atoms with Gasteiger partial charge in [0.15, 0.2) is 0 Å². The summed E-state index contributed by atoms with van der Waals surface area (Å²) in [6, 6.07) is 16.6. The lowest BCUT2D eigenvalue weighted by atomic mass is 10.0. The summed E-state index contributed by atoms with van der Waals surface area (Å²) in [5, 5.41) is 22.4. The number of H-pyrrole nitrogens is 1. The Labute approximate surface area is 199 Å². The molecule has 0 aliphatic rings. The third kappa shape index (κ3) is 5.59. The fourth-order valence-electron chi connectivity index (χ4n) is 3.58. The predicted octanol–water partition coefficient (Wildman–Crippen LogP) is 3.71. The minimum absolute atomic E-state index is 0.0143. The van der Waals surface area contributed by atoms with E-state index in [1.54, 1.807) is 24.3 Å². The number of thiophene rings is 1. The van der Waals surface area contributed by atoms with Crippen LogP contribution < -0.4 is 16.0 Å². The van der Waals surface area contributed by atoms with Crippen molar-refractivity contribution in [3.8, 4) is 0 Å². The topological polar surface area (TPSA) is 129 Å². The van der Waals surface area contributed by atoms with Crippen LogP contribution in [0.1, 0.15) is 15.2 Å². The number of fused-ring (bicyclic) bond motifs is 1. The molecule has 0 spiro atoms. The van der Waals surface area contributed by atoms with Crippen molar-refractivity contribution in [2.24, 2.45) is 0 Å². The van der Waals surface area contributed by atoms with Crippen molar-refractivity contribution in [2.75, 3.05) is 18.4 Å². The highest BCUT2D eigenvalue weighted by atomic mass is 32.1. The summed E-state index contributed by atoms with van der Waals surface area (Å²) in [7, 11) is 0. The zero-order chi connectivity index (χ0) is 23.9. The van der Waals surface area contributed by atoms with Crippen LogP contribution in [0.5, 0.6) is 0 Å². The number of carbonyl (C=O) groups excluding carboxylic acids is 2. The molecular weight excluding hydrogens is 454 g/mol. The first-order chi connectivity index (χ1) is 16.5. The largest absolute Gasteiger partial charge is 0.383 e. The molecule has 4 rings (SSSR count). The maximum atomic E-state index is 13.0. The van der Waals surface area contributed by atoms with Crippen molar-refractivity contribution < 1.29 is 14.5 Å². The monoisotopic (exact) mass is 477 g/mol. The number of nitro groups is 1. The van der Waals surface area contributed by atoms with E-state index >= 15 is 0 Å². The molecule has 2 heterocycles. The summed E-state index contributed by atoms with van der Waals surface area (Å²) in [5.41, 5.74) is 2.63. The third-order valence-corrected chi connectivity index (χ3v) is 6.17. The number of aromatic nitrogens is 1. The van der Waals surface area contributed by atoms with E-state index < -0.39 is 11.0 Å². The second kappa shape index (κ2) is 10.6. The third-order valence-electron chi connectivity index (χ3n) is 5.30. The average molecular weight is 478 g/mol. The summed E-state index contributed by atoms with van der Waals surface area (Å²) in [6.07, 6.45) is 2.20. The van der Waals surface area contributed by atoms with E-state index in [9.17, 15) is 19.7 Å². The lowest BCUT2D eigenvalue weighted by molar-refractivity contribution is -0.384. The van der Waals surface area contributed by atoms with Crippen LogP contribution in [0.4, 0.5) is 11.4 Å². The van der Waals surface area contributed by atoms with Crippen molar-refractivity contribution in [2.45, 2.75) is 12.5 Å². The minimum Gasteiger partial charge on any atom is -0.383 e. The van der Waals surface area contributed by atoms with Gasteiger partial charge in [0.25, 0.3) is 11.6 Å². The summed E-state index contributed by atoms with van der Waals surface area (Å²) in [5.74, 6) is -0.584. The van der Waals surface area contributed by atoms with Gasteiger partial charge in [-0.2, -0.15) is 0 Å². The highest BCUT2D eigenvalue weighted by Crippen LogP contribution is 2.20. The van der Waals surface area contributed by atoms with Crippen LogP contribution in [0.3, 0.4) is 0 Å². The Bertz CT molecular complexity index is 1280. The first-order valence-corrected chi connectivity index (χ1v) is 11.5. The molecule has 0 aliphatic heterocycles. The van der Waals surface area contributed by atoms with E-state index in [2.05, 4.69) is 20.9 Å². The standard InChI is InChI=1S/C24H23N5O4S/c30-23(26-12-11-25-17-7-9-18(10-8-17)29(32)33)21(28-24(31)22-6-3-13-34-22)14-16-15-27-20-5-2-1-4-19(16)20/h1-10,13,15,21,25,27H,11-12,14H2,(H,26,30)(H,28,31). The van der Waals surface area contributed by atoms with Crippen LogP contribution in [0.25, 0.3) is 10.9 Å². The van der Waals surface area contributed by atoms with Gasteiger partial charge in [-0.05, 0) is 35.2 Å².